The van der Waals surface area contributed by atoms with E-state index in [0.717, 1.165) is 77.2 Å². The van der Waals surface area contributed by atoms with Gasteiger partial charge in [0.05, 0.1) is 10.8 Å². The number of amides is 5. The Labute approximate surface area is 366 Å². The van der Waals surface area contributed by atoms with E-state index in [0.29, 0.717) is 38.6 Å². The standard InChI is InChI=1S/C47H78N6O7S/c1-29(2)25-32-26-47(32,41(58)51-61(59,60)44(10)22-23-44)50-38(55)34-27-46(43(8,9)45(46)20-16-21-45)28-53(34)40(57)36(42(5,6)7)49-39(56)35(31-17-12-11-13-18-31)48-37(54)33-19-14-15-24-52(33)30(3)4/h29-36H,11-28H2,1-10H3,(H,48,54)(H,49,56)(H,50,55)(H,51,58)/t32-,33+,34+,35+,36-,46-,47-/m1/s1. The van der Waals surface area contributed by atoms with Crippen molar-refractivity contribution >= 4 is 39.6 Å². The number of nitrogens with zero attached hydrogens (tertiary/aromatic N) is 2. The zero-order valence-corrected chi connectivity index (χ0v) is 39.8. The van der Waals surface area contributed by atoms with E-state index in [1.165, 1.54) is 0 Å². The quantitative estimate of drug-likeness (QED) is 0.176. The highest BCUT2D eigenvalue weighted by atomic mass is 32.2. The fourth-order valence-corrected chi connectivity index (χ4v) is 14.1. The predicted octanol–water partition coefficient (Wildman–Crippen LogP) is 5.56. The van der Waals surface area contributed by atoms with E-state index < -0.39 is 55.7 Å². The normalized spacial score (nSPS) is 32.5. The second kappa shape index (κ2) is 16.1. The lowest BCUT2D eigenvalue weighted by molar-refractivity contribution is -0.145. The summed E-state index contributed by atoms with van der Waals surface area (Å²) in [6, 6.07) is -2.85. The van der Waals surface area contributed by atoms with Crippen LogP contribution in [0.25, 0.3) is 0 Å². The maximum Gasteiger partial charge on any atom is 0.259 e. The number of hydrogen-bond acceptors (Lipinski definition) is 8. The van der Waals surface area contributed by atoms with Gasteiger partial charge in [-0.05, 0) is 132 Å². The van der Waals surface area contributed by atoms with Crippen molar-refractivity contribution in [1.82, 2.24) is 30.5 Å². The molecular formula is C47H78N6O7S. The maximum absolute atomic E-state index is 15.4. The van der Waals surface area contributed by atoms with Crippen molar-refractivity contribution in [1.29, 1.82) is 0 Å². The highest BCUT2D eigenvalue weighted by molar-refractivity contribution is 7.91. The van der Waals surface area contributed by atoms with Gasteiger partial charge in [0, 0.05) is 18.0 Å². The number of carbonyl (C=O) groups is 5. The minimum Gasteiger partial charge on any atom is -0.343 e. The van der Waals surface area contributed by atoms with E-state index in [2.05, 4.69) is 53.3 Å². The van der Waals surface area contributed by atoms with Crippen LogP contribution in [-0.2, 0) is 34.0 Å². The number of fused-ring (bicyclic) bond motifs is 1. The molecule has 0 radical (unpaired) electrons. The number of sulfonamides is 1. The van der Waals surface area contributed by atoms with Gasteiger partial charge in [0.2, 0.25) is 33.7 Å². The average molecular weight is 871 g/mol. The zero-order chi connectivity index (χ0) is 44.7. The number of piperidine rings is 1. The van der Waals surface area contributed by atoms with Crippen LogP contribution >= 0.6 is 0 Å². The molecule has 344 valence electrons. The van der Waals surface area contributed by atoms with Crippen molar-refractivity contribution in [3.05, 3.63) is 0 Å². The molecule has 7 rings (SSSR count). The molecule has 7 aliphatic rings. The van der Waals surface area contributed by atoms with E-state index >= 15 is 4.79 Å². The second-order valence-electron chi connectivity index (χ2n) is 23.2. The van der Waals surface area contributed by atoms with Gasteiger partial charge < -0.3 is 20.9 Å². The van der Waals surface area contributed by atoms with E-state index in [9.17, 15) is 27.6 Å². The Morgan fingerprint density at radius 2 is 1.39 bits per heavy atom. The highest BCUT2D eigenvalue weighted by Crippen LogP contribution is 2.88. The lowest BCUT2D eigenvalue weighted by Gasteiger charge is -2.40. The number of rotatable bonds is 14. The Bertz CT molecular complexity index is 1860. The van der Waals surface area contributed by atoms with Gasteiger partial charge in [-0.1, -0.05) is 80.6 Å². The van der Waals surface area contributed by atoms with Crippen LogP contribution < -0.4 is 20.7 Å². The molecule has 5 aliphatic carbocycles. The molecule has 61 heavy (non-hydrogen) atoms. The minimum absolute atomic E-state index is 0.00398. The summed E-state index contributed by atoms with van der Waals surface area (Å²) in [5.74, 6) is -2.10. The molecule has 2 heterocycles. The fourth-order valence-electron chi connectivity index (χ4n) is 12.8. The second-order valence-corrected chi connectivity index (χ2v) is 25.4. The summed E-state index contributed by atoms with van der Waals surface area (Å²) in [6.07, 6.45) is 12.8. The van der Waals surface area contributed by atoms with Crippen molar-refractivity contribution in [3.8, 4) is 0 Å². The van der Waals surface area contributed by atoms with Crippen molar-refractivity contribution in [2.45, 2.75) is 212 Å². The third kappa shape index (κ3) is 7.95. The molecule has 0 unspecified atom stereocenters. The first-order valence-corrected chi connectivity index (χ1v) is 25.4. The van der Waals surface area contributed by atoms with Crippen LogP contribution in [0.1, 0.15) is 172 Å². The van der Waals surface area contributed by atoms with Crippen molar-refractivity contribution in [2.24, 2.45) is 39.4 Å². The molecule has 7 fully saturated rings. The molecule has 7 atom stereocenters. The molecule has 13 nitrogen and oxygen atoms in total. The van der Waals surface area contributed by atoms with Crippen LogP contribution in [0.15, 0.2) is 0 Å². The summed E-state index contributed by atoms with van der Waals surface area (Å²) in [5, 5.41) is 9.50. The van der Waals surface area contributed by atoms with E-state index in [1.54, 1.807) is 11.8 Å². The molecule has 2 aliphatic heterocycles. The van der Waals surface area contributed by atoms with E-state index in [1.807, 2.05) is 34.6 Å². The Morgan fingerprint density at radius 1 is 0.754 bits per heavy atom. The van der Waals surface area contributed by atoms with Gasteiger partial charge in [0.15, 0.2) is 0 Å². The average Bonchev–Trinajstić information content (AvgIpc) is 4.09. The van der Waals surface area contributed by atoms with Crippen LogP contribution in [0.4, 0.5) is 0 Å². The van der Waals surface area contributed by atoms with Crippen molar-refractivity contribution in [2.75, 3.05) is 13.1 Å². The number of hydrogen-bond donors (Lipinski definition) is 4. The van der Waals surface area contributed by atoms with Crippen molar-refractivity contribution < 1.29 is 32.4 Å². The lowest BCUT2D eigenvalue weighted by atomic mass is 9.73. The number of carbonyl (C=O) groups excluding carboxylic acids is 5. The Hall–Kier alpha value is -2.74. The maximum atomic E-state index is 15.4. The summed E-state index contributed by atoms with van der Waals surface area (Å²) < 4.78 is 28.0. The monoisotopic (exact) mass is 871 g/mol. The van der Waals surface area contributed by atoms with Gasteiger partial charge >= 0.3 is 0 Å². The van der Waals surface area contributed by atoms with Crippen LogP contribution in [-0.4, -0.2) is 101 Å². The number of nitrogens with one attached hydrogen (secondary N) is 4. The van der Waals surface area contributed by atoms with E-state index in [4.69, 9.17) is 0 Å². The molecule has 2 spiro atoms. The predicted molar refractivity (Wildman–Crippen MR) is 235 cm³/mol. The summed E-state index contributed by atoms with van der Waals surface area (Å²) in [6.45, 7) is 21.4. The summed E-state index contributed by atoms with van der Waals surface area (Å²) in [5.41, 5.74) is -2.61. The van der Waals surface area contributed by atoms with Gasteiger partial charge in [-0.15, -0.1) is 0 Å². The van der Waals surface area contributed by atoms with Gasteiger partial charge in [0.1, 0.15) is 23.7 Å². The molecule has 5 saturated carbocycles. The SMILES string of the molecule is CC(C)C[C@@H]1C[C@]1(NC(=O)[C@@H]1C[C@@]2(CN1C(=O)[C@@H](NC(=O)[C@@H](NC(=O)[C@@H]1CCCCN1C(C)C)C1CCCCC1)C(C)(C)C)C(C)(C)C21CCC1)C(=O)NS(=O)(=O)C1(C)CC1. The Morgan fingerprint density at radius 3 is 1.93 bits per heavy atom. The van der Waals surface area contributed by atoms with Crippen LogP contribution in [0.2, 0.25) is 0 Å². The Kier molecular flexibility index (Phi) is 12.2. The molecule has 0 aromatic rings. The third-order valence-electron chi connectivity index (χ3n) is 17.5. The molecule has 5 amide bonds. The molecule has 0 aromatic heterocycles. The van der Waals surface area contributed by atoms with Gasteiger partial charge in [-0.25, -0.2) is 8.42 Å². The van der Waals surface area contributed by atoms with E-state index in [-0.39, 0.29) is 63.8 Å². The highest BCUT2D eigenvalue weighted by Gasteiger charge is 2.85. The first-order chi connectivity index (χ1) is 28.4. The minimum atomic E-state index is -3.95. The summed E-state index contributed by atoms with van der Waals surface area (Å²) >= 11 is 0. The van der Waals surface area contributed by atoms with Gasteiger partial charge in [-0.2, -0.15) is 0 Å². The molecular weight excluding hydrogens is 793 g/mol. The largest absolute Gasteiger partial charge is 0.343 e. The third-order valence-corrected chi connectivity index (χ3v) is 19.6. The molecule has 2 saturated heterocycles. The van der Waals surface area contributed by atoms with Gasteiger partial charge in [-0.3, -0.25) is 33.6 Å². The van der Waals surface area contributed by atoms with Gasteiger partial charge in [0.25, 0.3) is 5.91 Å². The van der Waals surface area contributed by atoms with Crippen LogP contribution in [0.5, 0.6) is 0 Å². The van der Waals surface area contributed by atoms with Crippen LogP contribution in [0.3, 0.4) is 0 Å². The first-order valence-electron chi connectivity index (χ1n) is 23.9. The zero-order valence-electron chi connectivity index (χ0n) is 39.0. The lowest BCUT2D eigenvalue weighted by Crippen LogP contribution is -2.63. The Balaban J connectivity index is 1.17. The molecule has 0 aromatic carbocycles. The summed E-state index contributed by atoms with van der Waals surface area (Å²) in [4.78, 5) is 77.2. The van der Waals surface area contributed by atoms with Crippen molar-refractivity contribution in [3.63, 3.8) is 0 Å². The topological polar surface area (TPSA) is 174 Å². The number of likely N-dealkylation sites (tertiary alicyclic amines) is 2. The first kappa shape index (κ1) is 46.3. The smallest absolute Gasteiger partial charge is 0.259 e. The summed E-state index contributed by atoms with van der Waals surface area (Å²) in [7, 11) is -3.95. The molecule has 4 N–H and O–H groups in total. The van der Waals surface area contributed by atoms with Crippen LogP contribution in [0, 0.1) is 39.4 Å². The fraction of sp³-hybridized carbons (Fsp3) is 0.894. The molecule has 14 heteroatoms. The molecule has 0 bridgehead atoms.